The van der Waals surface area contributed by atoms with E-state index in [1.54, 1.807) is 7.11 Å². The molecule has 19 heavy (non-hydrogen) atoms. The zero-order chi connectivity index (χ0) is 13.9. The van der Waals surface area contributed by atoms with Crippen molar-refractivity contribution in [2.45, 2.75) is 19.8 Å². The standard InChI is InChI=1S/C15H25N3O/c1-15(6-8-18(2)9-7-15)11-17-14-10-12(19-3)4-5-13(14)16/h4-5,10,17H,6-9,11,16H2,1-3H3. The monoisotopic (exact) mass is 263 g/mol. The Bertz CT molecular complexity index is 425. The number of nitrogens with zero attached hydrogens (tertiary/aromatic N) is 1. The molecule has 0 aromatic heterocycles. The number of nitrogens with one attached hydrogen (secondary N) is 1. The van der Waals surface area contributed by atoms with Crippen molar-refractivity contribution in [3.63, 3.8) is 0 Å². The van der Waals surface area contributed by atoms with Gasteiger partial charge in [0, 0.05) is 12.6 Å². The van der Waals surface area contributed by atoms with Gasteiger partial charge in [-0.05, 0) is 50.5 Å². The summed E-state index contributed by atoms with van der Waals surface area (Å²) in [5.41, 5.74) is 8.09. The summed E-state index contributed by atoms with van der Waals surface area (Å²) in [6.45, 7) is 5.65. The number of hydrogen-bond acceptors (Lipinski definition) is 4. The first kappa shape index (κ1) is 14.0. The third-order valence-electron chi connectivity index (χ3n) is 4.16. The van der Waals surface area contributed by atoms with E-state index in [0.717, 1.165) is 23.7 Å². The molecule has 0 unspecified atom stereocenters. The van der Waals surface area contributed by atoms with E-state index in [2.05, 4.69) is 24.2 Å². The van der Waals surface area contributed by atoms with Gasteiger partial charge in [-0.25, -0.2) is 0 Å². The number of rotatable bonds is 4. The number of anilines is 2. The molecule has 0 atom stereocenters. The van der Waals surface area contributed by atoms with Gasteiger partial charge in [0.15, 0.2) is 0 Å². The van der Waals surface area contributed by atoms with Gasteiger partial charge in [0.25, 0.3) is 0 Å². The molecule has 0 radical (unpaired) electrons. The lowest BCUT2D eigenvalue weighted by atomic mass is 9.80. The van der Waals surface area contributed by atoms with Crippen LogP contribution in [-0.2, 0) is 0 Å². The highest BCUT2D eigenvalue weighted by Crippen LogP contribution is 2.32. The third-order valence-corrected chi connectivity index (χ3v) is 4.16. The first-order valence-electron chi connectivity index (χ1n) is 6.88. The lowest BCUT2D eigenvalue weighted by Crippen LogP contribution is -2.40. The number of nitrogen functional groups attached to an aromatic ring is 1. The normalized spacial score (nSPS) is 19.1. The van der Waals surface area contributed by atoms with Crippen LogP contribution in [0.25, 0.3) is 0 Å². The minimum atomic E-state index is 0.349. The van der Waals surface area contributed by atoms with E-state index in [1.165, 1.54) is 25.9 Å². The van der Waals surface area contributed by atoms with E-state index in [9.17, 15) is 0 Å². The Hall–Kier alpha value is -1.42. The number of piperidine rings is 1. The van der Waals surface area contributed by atoms with Crippen molar-refractivity contribution in [3.05, 3.63) is 18.2 Å². The molecule has 1 aromatic carbocycles. The molecule has 0 amide bonds. The van der Waals surface area contributed by atoms with Crippen LogP contribution < -0.4 is 15.8 Å². The number of methoxy groups -OCH3 is 1. The average Bonchev–Trinajstić information content (AvgIpc) is 2.42. The molecular formula is C15H25N3O. The molecule has 4 nitrogen and oxygen atoms in total. The quantitative estimate of drug-likeness (QED) is 0.819. The van der Waals surface area contributed by atoms with Crippen LogP contribution in [0.15, 0.2) is 18.2 Å². The summed E-state index contributed by atoms with van der Waals surface area (Å²) in [7, 11) is 3.86. The Kier molecular flexibility index (Phi) is 4.20. The number of nitrogens with two attached hydrogens (primary N) is 1. The Labute approximate surface area is 115 Å². The first-order chi connectivity index (χ1) is 9.02. The number of ether oxygens (including phenoxy) is 1. The fraction of sp³-hybridized carbons (Fsp3) is 0.600. The van der Waals surface area contributed by atoms with E-state index in [-0.39, 0.29) is 0 Å². The van der Waals surface area contributed by atoms with E-state index in [0.29, 0.717) is 5.41 Å². The molecule has 0 spiro atoms. The van der Waals surface area contributed by atoms with Gasteiger partial charge in [-0.1, -0.05) is 6.92 Å². The predicted octanol–water partition coefficient (Wildman–Crippen LogP) is 2.42. The fourth-order valence-corrected chi connectivity index (χ4v) is 2.46. The summed E-state index contributed by atoms with van der Waals surface area (Å²) < 4.78 is 5.24. The molecule has 0 saturated carbocycles. The van der Waals surface area contributed by atoms with Crippen molar-refractivity contribution in [2.75, 3.05) is 44.8 Å². The maximum absolute atomic E-state index is 6.00. The Balaban J connectivity index is 1.98. The third kappa shape index (κ3) is 3.53. The average molecular weight is 263 g/mol. The molecule has 1 heterocycles. The molecule has 0 bridgehead atoms. The molecule has 1 fully saturated rings. The van der Waals surface area contributed by atoms with Gasteiger partial charge < -0.3 is 20.7 Å². The topological polar surface area (TPSA) is 50.5 Å². The zero-order valence-electron chi connectivity index (χ0n) is 12.2. The highest BCUT2D eigenvalue weighted by atomic mass is 16.5. The van der Waals surface area contributed by atoms with Crippen LogP contribution in [0.4, 0.5) is 11.4 Å². The van der Waals surface area contributed by atoms with E-state index < -0.39 is 0 Å². The van der Waals surface area contributed by atoms with Crippen molar-refractivity contribution >= 4 is 11.4 Å². The smallest absolute Gasteiger partial charge is 0.121 e. The van der Waals surface area contributed by atoms with Crippen LogP contribution in [0.1, 0.15) is 19.8 Å². The van der Waals surface area contributed by atoms with Gasteiger partial charge in [-0.2, -0.15) is 0 Å². The number of hydrogen-bond donors (Lipinski definition) is 2. The van der Waals surface area contributed by atoms with Crippen LogP contribution in [0.5, 0.6) is 5.75 Å². The molecule has 2 rings (SSSR count). The fourth-order valence-electron chi connectivity index (χ4n) is 2.46. The van der Waals surface area contributed by atoms with Crippen LogP contribution in [0.2, 0.25) is 0 Å². The summed E-state index contributed by atoms with van der Waals surface area (Å²) in [5, 5.41) is 3.49. The summed E-state index contributed by atoms with van der Waals surface area (Å²) >= 11 is 0. The van der Waals surface area contributed by atoms with Crippen molar-refractivity contribution in [3.8, 4) is 5.75 Å². The van der Waals surface area contributed by atoms with Crippen molar-refractivity contribution in [1.82, 2.24) is 4.90 Å². The van der Waals surface area contributed by atoms with Gasteiger partial charge in [0.05, 0.1) is 18.5 Å². The molecule has 1 aromatic rings. The zero-order valence-corrected chi connectivity index (χ0v) is 12.2. The minimum Gasteiger partial charge on any atom is -0.497 e. The highest BCUT2D eigenvalue weighted by molar-refractivity contribution is 5.68. The second-order valence-electron chi connectivity index (χ2n) is 5.92. The Morgan fingerprint density at radius 3 is 2.68 bits per heavy atom. The predicted molar refractivity (Wildman–Crippen MR) is 80.7 cm³/mol. The number of likely N-dealkylation sites (tertiary alicyclic amines) is 1. The molecule has 106 valence electrons. The summed E-state index contributed by atoms with van der Waals surface area (Å²) in [4.78, 5) is 2.39. The lowest BCUT2D eigenvalue weighted by Gasteiger charge is -2.38. The molecule has 1 saturated heterocycles. The highest BCUT2D eigenvalue weighted by Gasteiger charge is 2.28. The maximum atomic E-state index is 6.00. The lowest BCUT2D eigenvalue weighted by molar-refractivity contribution is 0.150. The maximum Gasteiger partial charge on any atom is 0.121 e. The largest absolute Gasteiger partial charge is 0.497 e. The Morgan fingerprint density at radius 1 is 1.37 bits per heavy atom. The summed E-state index contributed by atoms with van der Waals surface area (Å²) in [5.74, 6) is 0.838. The molecule has 4 heteroatoms. The Morgan fingerprint density at radius 2 is 2.05 bits per heavy atom. The van der Waals surface area contributed by atoms with Crippen LogP contribution in [0.3, 0.4) is 0 Å². The van der Waals surface area contributed by atoms with Gasteiger partial charge in [0.1, 0.15) is 5.75 Å². The SMILES string of the molecule is COc1ccc(N)c(NCC2(C)CCN(C)CC2)c1. The number of benzene rings is 1. The molecule has 3 N–H and O–H groups in total. The summed E-state index contributed by atoms with van der Waals surface area (Å²) in [6, 6.07) is 5.74. The van der Waals surface area contributed by atoms with Crippen molar-refractivity contribution < 1.29 is 4.74 Å². The minimum absolute atomic E-state index is 0.349. The van der Waals surface area contributed by atoms with Crippen LogP contribution in [0, 0.1) is 5.41 Å². The van der Waals surface area contributed by atoms with E-state index >= 15 is 0 Å². The molecule has 0 aliphatic carbocycles. The van der Waals surface area contributed by atoms with E-state index in [1.807, 2.05) is 18.2 Å². The van der Waals surface area contributed by atoms with Gasteiger partial charge in [-0.15, -0.1) is 0 Å². The van der Waals surface area contributed by atoms with Gasteiger partial charge >= 0.3 is 0 Å². The van der Waals surface area contributed by atoms with Crippen molar-refractivity contribution in [1.29, 1.82) is 0 Å². The second kappa shape index (κ2) is 5.70. The molecule has 1 aliphatic rings. The molecular weight excluding hydrogens is 238 g/mol. The first-order valence-corrected chi connectivity index (χ1v) is 6.88. The van der Waals surface area contributed by atoms with Gasteiger partial charge in [0.2, 0.25) is 0 Å². The van der Waals surface area contributed by atoms with Crippen LogP contribution >= 0.6 is 0 Å². The van der Waals surface area contributed by atoms with Crippen LogP contribution in [-0.4, -0.2) is 38.7 Å². The van der Waals surface area contributed by atoms with E-state index in [4.69, 9.17) is 10.5 Å². The molecule has 1 aliphatic heterocycles. The second-order valence-corrected chi connectivity index (χ2v) is 5.92. The van der Waals surface area contributed by atoms with Crippen molar-refractivity contribution in [2.24, 2.45) is 5.41 Å². The summed E-state index contributed by atoms with van der Waals surface area (Å²) in [6.07, 6.45) is 2.45. The van der Waals surface area contributed by atoms with Gasteiger partial charge in [-0.3, -0.25) is 0 Å².